The molecule has 0 radical (unpaired) electrons. The SMILES string of the molecule is CC(Cl)c1nc2ccc(F)cc2n1C1CCCCC1. The van der Waals surface area contributed by atoms with Crippen LogP contribution in [0.5, 0.6) is 0 Å². The maximum Gasteiger partial charge on any atom is 0.127 e. The lowest BCUT2D eigenvalue weighted by molar-refractivity contribution is 0.352. The second-order valence-electron chi connectivity index (χ2n) is 5.38. The summed E-state index contributed by atoms with van der Waals surface area (Å²) in [4.78, 5) is 4.59. The highest BCUT2D eigenvalue weighted by Crippen LogP contribution is 2.35. The van der Waals surface area contributed by atoms with Gasteiger partial charge in [0.2, 0.25) is 0 Å². The second-order valence-corrected chi connectivity index (χ2v) is 6.04. The molecule has 3 rings (SSSR count). The summed E-state index contributed by atoms with van der Waals surface area (Å²) in [6.45, 7) is 1.93. The number of benzene rings is 1. The molecule has 102 valence electrons. The summed E-state index contributed by atoms with van der Waals surface area (Å²) in [5, 5.41) is -0.155. The van der Waals surface area contributed by atoms with Gasteiger partial charge in [-0.2, -0.15) is 0 Å². The van der Waals surface area contributed by atoms with Crippen LogP contribution in [0, 0.1) is 5.82 Å². The molecule has 0 spiro atoms. The molecule has 19 heavy (non-hydrogen) atoms. The van der Waals surface area contributed by atoms with Gasteiger partial charge >= 0.3 is 0 Å². The molecular weight excluding hydrogens is 263 g/mol. The average Bonchev–Trinajstić information content (AvgIpc) is 2.78. The molecule has 1 aromatic carbocycles. The summed E-state index contributed by atoms with van der Waals surface area (Å²) in [7, 11) is 0. The standard InChI is InChI=1S/C15H18ClFN2/c1-10(16)15-18-13-8-7-11(17)9-14(13)19(15)12-5-3-2-4-6-12/h7-10,12H,2-6H2,1H3. The normalized spacial score (nSPS) is 18.9. The minimum atomic E-state index is -0.210. The van der Waals surface area contributed by atoms with E-state index >= 15 is 0 Å². The molecule has 4 heteroatoms. The van der Waals surface area contributed by atoms with Crippen molar-refractivity contribution in [3.63, 3.8) is 0 Å². The molecule has 1 heterocycles. The van der Waals surface area contributed by atoms with Gasteiger partial charge in [0.05, 0.1) is 16.4 Å². The maximum absolute atomic E-state index is 13.5. The van der Waals surface area contributed by atoms with Crippen LogP contribution in [-0.4, -0.2) is 9.55 Å². The smallest absolute Gasteiger partial charge is 0.127 e. The van der Waals surface area contributed by atoms with E-state index in [4.69, 9.17) is 11.6 Å². The largest absolute Gasteiger partial charge is 0.324 e. The number of halogens is 2. The van der Waals surface area contributed by atoms with E-state index in [-0.39, 0.29) is 11.2 Å². The van der Waals surface area contributed by atoms with Gasteiger partial charge in [-0.15, -0.1) is 11.6 Å². The van der Waals surface area contributed by atoms with Crippen LogP contribution in [0.25, 0.3) is 11.0 Å². The third kappa shape index (κ3) is 2.36. The molecule has 1 unspecified atom stereocenters. The van der Waals surface area contributed by atoms with Crippen LogP contribution in [0.3, 0.4) is 0 Å². The number of imidazole rings is 1. The summed E-state index contributed by atoms with van der Waals surface area (Å²) >= 11 is 6.26. The Kier molecular flexibility index (Phi) is 3.48. The summed E-state index contributed by atoms with van der Waals surface area (Å²) < 4.78 is 15.7. The van der Waals surface area contributed by atoms with E-state index < -0.39 is 0 Å². The van der Waals surface area contributed by atoms with E-state index in [1.54, 1.807) is 12.1 Å². The molecule has 1 fully saturated rings. The first-order chi connectivity index (χ1) is 9.16. The monoisotopic (exact) mass is 280 g/mol. The molecule has 1 saturated carbocycles. The second kappa shape index (κ2) is 5.12. The number of nitrogens with zero attached hydrogens (tertiary/aromatic N) is 2. The predicted molar refractivity (Wildman–Crippen MR) is 76.1 cm³/mol. The van der Waals surface area contributed by atoms with Gasteiger partial charge in [0, 0.05) is 6.04 Å². The van der Waals surface area contributed by atoms with Crippen molar-refractivity contribution in [3.8, 4) is 0 Å². The van der Waals surface area contributed by atoms with E-state index in [0.29, 0.717) is 6.04 Å². The van der Waals surface area contributed by atoms with Crippen LogP contribution in [0.2, 0.25) is 0 Å². The van der Waals surface area contributed by atoms with Gasteiger partial charge in [0.1, 0.15) is 11.6 Å². The van der Waals surface area contributed by atoms with E-state index in [2.05, 4.69) is 9.55 Å². The van der Waals surface area contributed by atoms with Crippen molar-refractivity contribution in [2.75, 3.05) is 0 Å². The van der Waals surface area contributed by atoms with Crippen molar-refractivity contribution in [3.05, 3.63) is 29.8 Å². The third-order valence-electron chi connectivity index (χ3n) is 3.97. The highest BCUT2D eigenvalue weighted by atomic mass is 35.5. The van der Waals surface area contributed by atoms with Crippen LogP contribution >= 0.6 is 11.6 Å². The molecule has 0 saturated heterocycles. The van der Waals surface area contributed by atoms with Gasteiger partial charge in [-0.1, -0.05) is 19.3 Å². The fourth-order valence-electron chi connectivity index (χ4n) is 3.09. The molecule has 0 bridgehead atoms. The van der Waals surface area contributed by atoms with Crippen molar-refractivity contribution in [2.45, 2.75) is 50.4 Å². The Morgan fingerprint density at radius 2 is 2.05 bits per heavy atom. The fraction of sp³-hybridized carbons (Fsp3) is 0.533. The Morgan fingerprint density at radius 3 is 2.74 bits per heavy atom. The molecule has 2 aromatic rings. The summed E-state index contributed by atoms with van der Waals surface area (Å²) in [6.07, 6.45) is 6.03. The molecule has 2 nitrogen and oxygen atoms in total. The Hall–Kier alpha value is -1.09. The van der Waals surface area contributed by atoms with Crippen molar-refractivity contribution in [1.29, 1.82) is 0 Å². The van der Waals surface area contributed by atoms with Gasteiger partial charge in [0.15, 0.2) is 0 Å². The van der Waals surface area contributed by atoms with Gasteiger partial charge in [-0.3, -0.25) is 0 Å². The Labute approximate surface area is 117 Å². The number of hydrogen-bond donors (Lipinski definition) is 0. The molecule has 1 atom stereocenters. The van der Waals surface area contributed by atoms with Gasteiger partial charge in [0.25, 0.3) is 0 Å². The molecule has 0 N–H and O–H groups in total. The summed E-state index contributed by atoms with van der Waals surface area (Å²) in [5.74, 6) is 0.660. The van der Waals surface area contributed by atoms with Gasteiger partial charge < -0.3 is 4.57 Å². The number of aromatic nitrogens is 2. The molecule has 1 aliphatic rings. The first kappa shape index (κ1) is 12.9. The van der Waals surface area contributed by atoms with Crippen LogP contribution < -0.4 is 0 Å². The van der Waals surface area contributed by atoms with E-state index in [1.807, 2.05) is 6.92 Å². The average molecular weight is 281 g/mol. The molecule has 0 amide bonds. The van der Waals surface area contributed by atoms with Crippen molar-refractivity contribution in [1.82, 2.24) is 9.55 Å². The summed E-state index contributed by atoms with van der Waals surface area (Å²) in [5.41, 5.74) is 1.73. The predicted octanol–water partition coefficient (Wildman–Crippen LogP) is 4.98. The minimum Gasteiger partial charge on any atom is -0.324 e. The van der Waals surface area contributed by atoms with E-state index in [1.165, 1.54) is 25.3 Å². The molecule has 1 aliphatic carbocycles. The highest BCUT2D eigenvalue weighted by molar-refractivity contribution is 6.20. The van der Waals surface area contributed by atoms with Crippen LogP contribution in [0.1, 0.15) is 56.3 Å². The van der Waals surface area contributed by atoms with Crippen LogP contribution in [0.4, 0.5) is 4.39 Å². The van der Waals surface area contributed by atoms with Crippen molar-refractivity contribution < 1.29 is 4.39 Å². The topological polar surface area (TPSA) is 17.8 Å². The zero-order chi connectivity index (χ0) is 13.4. The summed E-state index contributed by atoms with van der Waals surface area (Å²) in [6, 6.07) is 5.20. The zero-order valence-corrected chi connectivity index (χ0v) is 11.8. The number of alkyl halides is 1. The molecule has 0 aliphatic heterocycles. The van der Waals surface area contributed by atoms with Crippen LogP contribution in [-0.2, 0) is 0 Å². The maximum atomic E-state index is 13.5. The van der Waals surface area contributed by atoms with Crippen LogP contribution in [0.15, 0.2) is 18.2 Å². The Balaban J connectivity index is 2.17. The number of fused-ring (bicyclic) bond motifs is 1. The number of hydrogen-bond acceptors (Lipinski definition) is 1. The Morgan fingerprint density at radius 1 is 1.32 bits per heavy atom. The first-order valence-corrected chi connectivity index (χ1v) is 7.42. The zero-order valence-electron chi connectivity index (χ0n) is 11.1. The first-order valence-electron chi connectivity index (χ1n) is 6.98. The van der Waals surface area contributed by atoms with E-state index in [0.717, 1.165) is 29.7 Å². The molecular formula is C15H18ClFN2. The molecule has 1 aromatic heterocycles. The highest BCUT2D eigenvalue weighted by Gasteiger charge is 2.23. The van der Waals surface area contributed by atoms with E-state index in [9.17, 15) is 4.39 Å². The van der Waals surface area contributed by atoms with Crippen molar-refractivity contribution in [2.24, 2.45) is 0 Å². The quantitative estimate of drug-likeness (QED) is 0.709. The van der Waals surface area contributed by atoms with Gasteiger partial charge in [-0.25, -0.2) is 9.37 Å². The Bertz CT molecular complexity index is 585. The number of rotatable bonds is 2. The van der Waals surface area contributed by atoms with Crippen molar-refractivity contribution >= 4 is 22.6 Å². The fourth-order valence-corrected chi connectivity index (χ4v) is 3.24. The lowest BCUT2D eigenvalue weighted by Gasteiger charge is -2.26. The lowest BCUT2D eigenvalue weighted by atomic mass is 9.95. The lowest BCUT2D eigenvalue weighted by Crippen LogP contribution is -2.15. The third-order valence-corrected chi connectivity index (χ3v) is 4.17. The van der Waals surface area contributed by atoms with Gasteiger partial charge in [-0.05, 0) is 38.0 Å². The minimum absolute atomic E-state index is 0.155.